The van der Waals surface area contributed by atoms with Crippen LogP contribution in [-0.2, 0) is 0 Å². The third-order valence-corrected chi connectivity index (χ3v) is 4.55. The molecule has 0 fully saturated rings. The highest BCUT2D eigenvalue weighted by Gasteiger charge is 2.23. The lowest BCUT2D eigenvalue weighted by atomic mass is 9.96. The molecule has 5 nitrogen and oxygen atoms in total. The molecule has 2 heterocycles. The summed E-state index contributed by atoms with van der Waals surface area (Å²) in [5.41, 5.74) is 1.66. The van der Waals surface area contributed by atoms with E-state index in [0.717, 1.165) is 16.5 Å². The first-order valence-electron chi connectivity index (χ1n) is 7.78. The number of aliphatic hydroxyl groups excluding tert-OH is 2. The lowest BCUT2D eigenvalue weighted by Gasteiger charge is -2.18. The minimum Gasteiger partial charge on any atom is -0.512 e. The van der Waals surface area contributed by atoms with Gasteiger partial charge in [-0.15, -0.1) is 11.3 Å². The van der Waals surface area contributed by atoms with Gasteiger partial charge < -0.3 is 15.5 Å². The lowest BCUT2D eigenvalue weighted by molar-refractivity contribution is 0.341. The molecule has 0 saturated heterocycles. The Bertz CT molecular complexity index is 700. The van der Waals surface area contributed by atoms with Crippen LogP contribution in [0.1, 0.15) is 32.4 Å². The number of anilines is 1. The van der Waals surface area contributed by atoms with Crippen LogP contribution in [0, 0.1) is 5.92 Å². The summed E-state index contributed by atoms with van der Waals surface area (Å²) in [7, 11) is 0. The van der Waals surface area contributed by atoms with Crippen molar-refractivity contribution in [1.82, 2.24) is 4.98 Å². The summed E-state index contributed by atoms with van der Waals surface area (Å²) in [6.07, 6.45) is 8.16. The maximum atomic E-state index is 10.2. The van der Waals surface area contributed by atoms with Crippen molar-refractivity contribution in [2.45, 2.75) is 38.8 Å². The molecule has 0 saturated carbocycles. The first-order valence-corrected chi connectivity index (χ1v) is 8.66. The molecule has 0 spiro atoms. The smallest absolute Gasteiger partial charge is 0.183 e. The summed E-state index contributed by atoms with van der Waals surface area (Å²) in [6.45, 7) is 4.14. The van der Waals surface area contributed by atoms with Crippen LogP contribution in [0.5, 0.6) is 0 Å². The molecule has 3 rings (SSSR count). The van der Waals surface area contributed by atoms with Gasteiger partial charge in [0.15, 0.2) is 5.13 Å². The van der Waals surface area contributed by atoms with E-state index in [4.69, 9.17) is 4.99 Å². The number of hydrogen-bond donors (Lipinski definition) is 3. The molecule has 23 heavy (non-hydrogen) atoms. The van der Waals surface area contributed by atoms with E-state index in [1.165, 1.54) is 0 Å². The van der Waals surface area contributed by atoms with Gasteiger partial charge in [0.2, 0.25) is 0 Å². The van der Waals surface area contributed by atoms with Crippen LogP contribution in [0.25, 0.3) is 0 Å². The fourth-order valence-corrected chi connectivity index (χ4v) is 3.55. The van der Waals surface area contributed by atoms with E-state index in [1.54, 1.807) is 29.6 Å². The Morgan fingerprint density at radius 1 is 1.35 bits per heavy atom. The van der Waals surface area contributed by atoms with Gasteiger partial charge in [-0.05, 0) is 38.5 Å². The van der Waals surface area contributed by atoms with Crippen molar-refractivity contribution >= 4 is 22.2 Å². The average Bonchev–Trinajstić information content (AvgIpc) is 2.83. The van der Waals surface area contributed by atoms with E-state index < -0.39 is 0 Å². The maximum Gasteiger partial charge on any atom is 0.183 e. The number of nitrogens with one attached hydrogen (secondary N) is 1. The third-order valence-electron chi connectivity index (χ3n) is 3.78. The second-order valence-electron chi connectivity index (χ2n) is 6.11. The monoisotopic (exact) mass is 331 g/mol. The number of thiazole rings is 1. The summed E-state index contributed by atoms with van der Waals surface area (Å²) < 4.78 is 0. The van der Waals surface area contributed by atoms with E-state index >= 15 is 0 Å². The van der Waals surface area contributed by atoms with Gasteiger partial charge in [0.1, 0.15) is 5.76 Å². The van der Waals surface area contributed by atoms with Crippen molar-refractivity contribution in [1.29, 1.82) is 0 Å². The molecule has 0 aromatic carbocycles. The number of rotatable bonds is 3. The number of nitrogens with zero attached hydrogens (tertiary/aromatic N) is 2. The predicted octanol–water partition coefficient (Wildman–Crippen LogP) is 3.98. The molecular weight excluding hydrogens is 310 g/mol. The summed E-state index contributed by atoms with van der Waals surface area (Å²) in [6, 6.07) is 0.162. The van der Waals surface area contributed by atoms with Crippen molar-refractivity contribution in [3.05, 3.63) is 46.9 Å². The Morgan fingerprint density at radius 2 is 2.17 bits per heavy atom. The molecule has 1 aromatic rings. The molecular formula is C17H21N3O2S. The lowest BCUT2D eigenvalue weighted by Crippen LogP contribution is -2.16. The third kappa shape index (κ3) is 3.82. The summed E-state index contributed by atoms with van der Waals surface area (Å²) in [4.78, 5) is 9.35. The SMILES string of the molecule is CC(C)Nc1nc(C2=NC3C=C(O)C=CC(C3)/C(O)=C\C2)cs1. The average molecular weight is 331 g/mol. The minimum atomic E-state index is -0.163. The molecule has 2 unspecified atom stereocenters. The molecule has 1 aromatic heterocycles. The Labute approximate surface area is 139 Å². The minimum absolute atomic E-state index is 0.0974. The van der Waals surface area contributed by atoms with Crippen LogP contribution in [0.3, 0.4) is 0 Å². The zero-order valence-electron chi connectivity index (χ0n) is 13.2. The van der Waals surface area contributed by atoms with E-state index in [9.17, 15) is 10.2 Å². The fraction of sp³-hybridized carbons (Fsp3) is 0.412. The van der Waals surface area contributed by atoms with Crippen LogP contribution in [0.2, 0.25) is 0 Å². The molecule has 0 radical (unpaired) electrons. The summed E-state index contributed by atoms with van der Waals surface area (Å²) in [5, 5.41) is 26.2. The van der Waals surface area contributed by atoms with E-state index in [0.29, 0.717) is 24.6 Å². The van der Waals surface area contributed by atoms with Crippen molar-refractivity contribution in [2.75, 3.05) is 5.32 Å². The van der Waals surface area contributed by atoms with Crippen molar-refractivity contribution in [2.24, 2.45) is 10.9 Å². The van der Waals surface area contributed by atoms with Crippen molar-refractivity contribution < 1.29 is 10.2 Å². The van der Waals surface area contributed by atoms with Gasteiger partial charge >= 0.3 is 0 Å². The largest absolute Gasteiger partial charge is 0.512 e. The Hall–Kier alpha value is -2.08. The molecule has 6 heteroatoms. The highest BCUT2D eigenvalue weighted by Crippen LogP contribution is 2.27. The molecule has 2 atom stereocenters. The van der Waals surface area contributed by atoms with Gasteiger partial charge in [-0.25, -0.2) is 4.98 Å². The van der Waals surface area contributed by atoms with Crippen LogP contribution in [0.4, 0.5) is 5.13 Å². The zero-order valence-corrected chi connectivity index (χ0v) is 14.0. The van der Waals surface area contributed by atoms with Gasteiger partial charge in [-0.2, -0.15) is 0 Å². The Balaban J connectivity index is 1.91. The highest BCUT2D eigenvalue weighted by molar-refractivity contribution is 7.13. The van der Waals surface area contributed by atoms with Gasteiger partial charge in [-0.3, -0.25) is 4.99 Å². The van der Waals surface area contributed by atoms with Crippen LogP contribution >= 0.6 is 11.3 Å². The number of fused-ring (bicyclic) bond motifs is 2. The number of aromatic nitrogens is 1. The maximum absolute atomic E-state index is 10.2. The standard InChI is InChI=1S/C17H21N3O2S/c1-10(2)18-17-20-15(9-23-17)14-5-6-16(22)11-3-4-13(21)8-12(7-11)19-14/h3-4,6,8-12,21-22H,5,7H2,1-2H3,(H,18,20)/b16-6+,19-14?. The van der Waals surface area contributed by atoms with Gasteiger partial charge in [-0.1, -0.05) is 6.08 Å². The summed E-state index contributed by atoms with van der Waals surface area (Å²) in [5.74, 6) is 0.424. The Morgan fingerprint density at radius 3 is 2.96 bits per heavy atom. The fourth-order valence-electron chi connectivity index (χ4n) is 2.68. The van der Waals surface area contributed by atoms with Crippen LogP contribution in [-0.4, -0.2) is 33.0 Å². The summed E-state index contributed by atoms with van der Waals surface area (Å²) >= 11 is 1.55. The second kappa shape index (κ2) is 6.58. The van der Waals surface area contributed by atoms with Gasteiger partial charge in [0.25, 0.3) is 0 Å². The van der Waals surface area contributed by atoms with E-state index in [1.807, 2.05) is 11.5 Å². The second-order valence-corrected chi connectivity index (χ2v) is 6.96. The normalized spacial score (nSPS) is 26.5. The molecule has 3 N–H and O–H groups in total. The Kier molecular flexibility index (Phi) is 4.52. The van der Waals surface area contributed by atoms with Crippen LogP contribution in [0.15, 0.2) is 46.2 Å². The quantitative estimate of drug-likeness (QED) is 0.783. The molecule has 2 aliphatic rings. The zero-order chi connectivity index (χ0) is 16.4. The molecule has 2 bridgehead atoms. The van der Waals surface area contributed by atoms with Crippen molar-refractivity contribution in [3.8, 4) is 0 Å². The van der Waals surface area contributed by atoms with Crippen molar-refractivity contribution in [3.63, 3.8) is 0 Å². The van der Waals surface area contributed by atoms with Gasteiger partial charge in [0, 0.05) is 23.8 Å². The first kappa shape index (κ1) is 15.8. The predicted molar refractivity (Wildman–Crippen MR) is 94.5 cm³/mol. The first-order chi connectivity index (χ1) is 11.0. The molecule has 1 aliphatic heterocycles. The molecule has 122 valence electrons. The van der Waals surface area contributed by atoms with E-state index in [2.05, 4.69) is 24.1 Å². The van der Waals surface area contributed by atoms with Gasteiger partial charge in [0.05, 0.1) is 23.2 Å². The topological polar surface area (TPSA) is 77.7 Å². The number of hydrogen-bond acceptors (Lipinski definition) is 6. The molecule has 0 amide bonds. The highest BCUT2D eigenvalue weighted by atomic mass is 32.1. The molecule has 1 aliphatic carbocycles. The number of allylic oxidation sites excluding steroid dienone is 3. The van der Waals surface area contributed by atoms with E-state index in [-0.39, 0.29) is 17.7 Å². The van der Waals surface area contributed by atoms with Crippen LogP contribution < -0.4 is 5.32 Å². The number of aliphatic imine (C=N–C) groups is 1. The number of aliphatic hydroxyl groups is 2.